The van der Waals surface area contributed by atoms with Gasteiger partial charge in [0.05, 0.1) is 6.42 Å². The summed E-state index contributed by atoms with van der Waals surface area (Å²) >= 11 is 0. The van der Waals surface area contributed by atoms with E-state index in [-0.39, 0.29) is 18.2 Å². The third-order valence-electron chi connectivity index (χ3n) is 3.07. The number of carbonyl (C=O) groups excluding carboxylic acids is 2. The molecule has 0 saturated carbocycles. The Labute approximate surface area is 129 Å². The Morgan fingerprint density at radius 3 is 2.50 bits per heavy atom. The zero-order chi connectivity index (χ0) is 15.9. The molecule has 0 bridgehead atoms. The van der Waals surface area contributed by atoms with Gasteiger partial charge in [-0.3, -0.25) is 9.59 Å². The van der Waals surface area contributed by atoms with E-state index in [0.717, 1.165) is 16.7 Å². The van der Waals surface area contributed by atoms with Crippen LogP contribution in [0.3, 0.4) is 0 Å². The van der Waals surface area contributed by atoms with Crippen LogP contribution in [0.2, 0.25) is 0 Å². The van der Waals surface area contributed by atoms with Crippen LogP contribution in [-0.2, 0) is 16.0 Å². The minimum Gasteiger partial charge on any atom is -0.369 e. The summed E-state index contributed by atoms with van der Waals surface area (Å²) in [6, 6.07) is 14.9. The summed E-state index contributed by atoms with van der Waals surface area (Å²) in [5.74, 6) is -0.581. The van der Waals surface area contributed by atoms with E-state index in [1.165, 1.54) is 6.08 Å². The molecule has 112 valence electrons. The Hall–Kier alpha value is -2.88. The van der Waals surface area contributed by atoms with Crippen LogP contribution in [0.25, 0.3) is 6.08 Å². The van der Waals surface area contributed by atoms with Crippen molar-refractivity contribution in [3.63, 3.8) is 0 Å². The highest BCUT2D eigenvalue weighted by Crippen LogP contribution is 2.11. The van der Waals surface area contributed by atoms with E-state index in [9.17, 15) is 9.59 Å². The van der Waals surface area contributed by atoms with Gasteiger partial charge >= 0.3 is 0 Å². The van der Waals surface area contributed by atoms with Gasteiger partial charge in [-0.15, -0.1) is 0 Å². The van der Waals surface area contributed by atoms with Crippen LogP contribution in [0.4, 0.5) is 5.69 Å². The van der Waals surface area contributed by atoms with Crippen molar-refractivity contribution in [3.8, 4) is 0 Å². The molecule has 2 amide bonds. The van der Waals surface area contributed by atoms with E-state index in [4.69, 9.17) is 5.73 Å². The number of anilines is 1. The standard InChI is InChI=1S/C18H18N2O2/c1-13-3-2-4-14(11-13)7-10-18(22)20-16-8-5-15(6-9-16)12-17(19)21/h2-11H,12H2,1H3,(H2,19,21)(H,20,22). The van der Waals surface area contributed by atoms with Crippen LogP contribution in [0.15, 0.2) is 54.6 Å². The molecule has 4 heteroatoms. The predicted molar refractivity (Wildman–Crippen MR) is 88.2 cm³/mol. The second-order valence-corrected chi connectivity index (χ2v) is 5.08. The molecule has 0 aliphatic rings. The number of hydrogen-bond donors (Lipinski definition) is 2. The van der Waals surface area contributed by atoms with Crippen molar-refractivity contribution in [2.45, 2.75) is 13.3 Å². The number of nitrogens with one attached hydrogen (secondary N) is 1. The summed E-state index contributed by atoms with van der Waals surface area (Å²) in [6.45, 7) is 2.01. The largest absolute Gasteiger partial charge is 0.369 e. The first-order chi connectivity index (χ1) is 10.5. The van der Waals surface area contributed by atoms with Crippen LogP contribution in [0, 0.1) is 6.92 Å². The van der Waals surface area contributed by atoms with Gasteiger partial charge in [0.25, 0.3) is 0 Å². The van der Waals surface area contributed by atoms with Crippen molar-refractivity contribution in [2.75, 3.05) is 5.32 Å². The molecule has 0 fully saturated rings. The molecular weight excluding hydrogens is 276 g/mol. The lowest BCUT2D eigenvalue weighted by atomic mass is 10.1. The van der Waals surface area contributed by atoms with Crippen molar-refractivity contribution >= 4 is 23.6 Å². The van der Waals surface area contributed by atoms with Crippen LogP contribution < -0.4 is 11.1 Å². The zero-order valence-electron chi connectivity index (χ0n) is 12.4. The smallest absolute Gasteiger partial charge is 0.248 e. The van der Waals surface area contributed by atoms with E-state index in [1.807, 2.05) is 31.2 Å². The fourth-order valence-corrected chi connectivity index (χ4v) is 2.04. The highest BCUT2D eigenvalue weighted by molar-refractivity contribution is 6.01. The Morgan fingerprint density at radius 1 is 1.14 bits per heavy atom. The van der Waals surface area contributed by atoms with Gasteiger partial charge in [-0.25, -0.2) is 0 Å². The van der Waals surface area contributed by atoms with Crippen LogP contribution >= 0.6 is 0 Å². The summed E-state index contributed by atoms with van der Waals surface area (Å²) in [7, 11) is 0. The molecule has 0 unspecified atom stereocenters. The molecule has 4 nitrogen and oxygen atoms in total. The summed E-state index contributed by atoms with van der Waals surface area (Å²) < 4.78 is 0. The highest BCUT2D eigenvalue weighted by Gasteiger charge is 2.01. The van der Waals surface area contributed by atoms with Gasteiger partial charge in [0.1, 0.15) is 0 Å². The minimum atomic E-state index is -0.377. The highest BCUT2D eigenvalue weighted by atomic mass is 16.1. The van der Waals surface area contributed by atoms with E-state index in [0.29, 0.717) is 5.69 Å². The molecule has 2 aromatic carbocycles. The number of amides is 2. The Bertz CT molecular complexity index is 703. The summed E-state index contributed by atoms with van der Waals surface area (Å²) in [6.07, 6.45) is 3.46. The Kier molecular flexibility index (Phi) is 5.09. The SMILES string of the molecule is Cc1cccc(C=CC(=O)Nc2ccc(CC(N)=O)cc2)c1. The molecule has 0 atom stereocenters. The monoisotopic (exact) mass is 294 g/mol. The van der Waals surface area contributed by atoms with Gasteiger partial charge in [0, 0.05) is 11.8 Å². The van der Waals surface area contributed by atoms with Crippen molar-refractivity contribution in [3.05, 3.63) is 71.3 Å². The topological polar surface area (TPSA) is 72.2 Å². The number of aryl methyl sites for hydroxylation is 1. The third kappa shape index (κ3) is 4.90. The van der Waals surface area contributed by atoms with Gasteiger partial charge < -0.3 is 11.1 Å². The third-order valence-corrected chi connectivity index (χ3v) is 3.07. The molecule has 0 aliphatic heterocycles. The quantitative estimate of drug-likeness (QED) is 0.832. The molecule has 0 spiro atoms. The summed E-state index contributed by atoms with van der Waals surface area (Å²) in [4.78, 5) is 22.7. The molecular formula is C18H18N2O2. The predicted octanol–water partition coefficient (Wildman–Crippen LogP) is 2.67. The van der Waals surface area contributed by atoms with Crippen LogP contribution in [-0.4, -0.2) is 11.8 Å². The Balaban J connectivity index is 1.95. The molecule has 2 rings (SSSR count). The average molecular weight is 294 g/mol. The maximum Gasteiger partial charge on any atom is 0.248 e. The maximum atomic E-state index is 11.9. The Morgan fingerprint density at radius 2 is 1.86 bits per heavy atom. The number of primary amides is 1. The summed E-state index contributed by atoms with van der Waals surface area (Å²) in [5, 5.41) is 2.77. The molecule has 22 heavy (non-hydrogen) atoms. The first-order valence-electron chi connectivity index (χ1n) is 6.96. The van der Waals surface area contributed by atoms with Crippen molar-refractivity contribution in [2.24, 2.45) is 5.73 Å². The van der Waals surface area contributed by atoms with Gasteiger partial charge in [-0.2, -0.15) is 0 Å². The van der Waals surface area contributed by atoms with E-state index < -0.39 is 0 Å². The van der Waals surface area contributed by atoms with Gasteiger partial charge in [0.2, 0.25) is 11.8 Å². The molecule has 0 aromatic heterocycles. The summed E-state index contributed by atoms with van der Waals surface area (Å²) in [5.41, 5.74) is 8.75. The fourth-order valence-electron chi connectivity index (χ4n) is 2.04. The zero-order valence-corrected chi connectivity index (χ0v) is 12.4. The van der Waals surface area contributed by atoms with Crippen molar-refractivity contribution in [1.29, 1.82) is 0 Å². The van der Waals surface area contributed by atoms with E-state index in [1.54, 1.807) is 30.3 Å². The fraction of sp³-hybridized carbons (Fsp3) is 0.111. The average Bonchev–Trinajstić information content (AvgIpc) is 2.47. The maximum absolute atomic E-state index is 11.9. The van der Waals surface area contributed by atoms with Gasteiger partial charge in [-0.05, 0) is 36.3 Å². The first kappa shape index (κ1) is 15.5. The number of nitrogens with two attached hydrogens (primary N) is 1. The van der Waals surface area contributed by atoms with Gasteiger partial charge in [0.15, 0.2) is 0 Å². The molecule has 0 heterocycles. The molecule has 0 saturated heterocycles. The van der Waals surface area contributed by atoms with Crippen molar-refractivity contribution < 1.29 is 9.59 Å². The second-order valence-electron chi connectivity index (χ2n) is 5.08. The van der Waals surface area contributed by atoms with E-state index in [2.05, 4.69) is 5.32 Å². The molecule has 3 N–H and O–H groups in total. The van der Waals surface area contributed by atoms with E-state index >= 15 is 0 Å². The van der Waals surface area contributed by atoms with Crippen molar-refractivity contribution in [1.82, 2.24) is 0 Å². The molecule has 0 radical (unpaired) electrons. The number of carbonyl (C=O) groups is 2. The lowest BCUT2D eigenvalue weighted by molar-refractivity contribution is -0.117. The number of benzene rings is 2. The molecule has 0 aliphatic carbocycles. The van der Waals surface area contributed by atoms with Crippen LogP contribution in [0.5, 0.6) is 0 Å². The normalized spacial score (nSPS) is 10.6. The molecule has 2 aromatic rings. The minimum absolute atomic E-state index is 0.196. The second kappa shape index (κ2) is 7.22. The lowest BCUT2D eigenvalue weighted by Gasteiger charge is -2.03. The lowest BCUT2D eigenvalue weighted by Crippen LogP contribution is -2.13. The number of rotatable bonds is 5. The van der Waals surface area contributed by atoms with Gasteiger partial charge in [-0.1, -0.05) is 42.0 Å². The number of hydrogen-bond acceptors (Lipinski definition) is 2. The first-order valence-corrected chi connectivity index (χ1v) is 6.96. The van der Waals surface area contributed by atoms with Crippen LogP contribution in [0.1, 0.15) is 16.7 Å².